The molecule has 2 unspecified atom stereocenters. The third-order valence-electron chi connectivity index (χ3n) is 3.43. The molecule has 2 saturated heterocycles. The minimum absolute atomic E-state index is 0.0394. The Morgan fingerprint density at radius 3 is 3.12 bits per heavy atom. The van der Waals surface area contributed by atoms with Gasteiger partial charge in [-0.15, -0.1) is 11.8 Å². The van der Waals surface area contributed by atoms with Crippen molar-refractivity contribution >= 4 is 23.5 Å². The summed E-state index contributed by atoms with van der Waals surface area (Å²) in [4.78, 5) is 4.64. The molecule has 2 aliphatic rings. The van der Waals surface area contributed by atoms with Crippen LogP contribution in [-0.4, -0.2) is 40.5 Å². The van der Waals surface area contributed by atoms with Crippen molar-refractivity contribution < 1.29 is 4.52 Å². The highest BCUT2D eigenvalue weighted by atomic mass is 32.2. The van der Waals surface area contributed by atoms with Gasteiger partial charge in [0.05, 0.1) is 10.7 Å². The zero-order valence-electron chi connectivity index (χ0n) is 9.94. The molecule has 94 valence electrons. The second-order valence-corrected chi connectivity index (χ2v) is 7.34. The van der Waals surface area contributed by atoms with E-state index in [0.29, 0.717) is 5.25 Å². The summed E-state index contributed by atoms with van der Waals surface area (Å²) >= 11 is 3.93. The van der Waals surface area contributed by atoms with Crippen molar-refractivity contribution in [3.8, 4) is 0 Å². The number of nitrogens with zero attached hydrogens (tertiary/aromatic N) is 2. The molecule has 1 N–H and O–H groups in total. The molecule has 1 aromatic heterocycles. The third-order valence-corrected chi connectivity index (χ3v) is 6.18. The van der Waals surface area contributed by atoms with Crippen LogP contribution in [0.25, 0.3) is 0 Å². The largest absolute Gasteiger partial charge is 0.339 e. The summed E-state index contributed by atoms with van der Waals surface area (Å²) in [6, 6.07) is 0. The maximum Gasteiger partial charge on any atom is 0.233 e. The third kappa shape index (κ3) is 2.35. The Hall–Kier alpha value is -0.200. The van der Waals surface area contributed by atoms with Crippen LogP contribution in [-0.2, 0) is 5.41 Å². The molecule has 0 amide bonds. The van der Waals surface area contributed by atoms with Crippen LogP contribution < -0.4 is 5.32 Å². The molecule has 3 heterocycles. The first-order valence-electron chi connectivity index (χ1n) is 6.02. The highest BCUT2D eigenvalue weighted by molar-refractivity contribution is 8.06. The summed E-state index contributed by atoms with van der Waals surface area (Å²) in [5, 5.41) is 7.97. The summed E-state index contributed by atoms with van der Waals surface area (Å²) in [6.07, 6.45) is 1.08. The maximum atomic E-state index is 5.48. The molecular weight excluding hydrogens is 254 g/mol. The zero-order chi connectivity index (χ0) is 11.7. The number of nitrogens with one attached hydrogen (secondary N) is 1. The lowest BCUT2D eigenvalue weighted by molar-refractivity contribution is 0.304. The van der Waals surface area contributed by atoms with E-state index >= 15 is 0 Å². The summed E-state index contributed by atoms with van der Waals surface area (Å²) < 4.78 is 5.48. The highest BCUT2D eigenvalue weighted by Gasteiger charge is 2.37. The van der Waals surface area contributed by atoms with Gasteiger partial charge in [-0.25, -0.2) is 0 Å². The van der Waals surface area contributed by atoms with Crippen LogP contribution >= 0.6 is 23.5 Å². The van der Waals surface area contributed by atoms with E-state index in [4.69, 9.17) is 4.52 Å². The standard InChI is InChI=1S/C11H17N3OS2/c1-11(2-3-12-7-11)10-13-9(14-15-10)8-6-16-4-5-17-8/h8,12H,2-7H2,1H3. The van der Waals surface area contributed by atoms with Crippen molar-refractivity contribution in [3.05, 3.63) is 11.7 Å². The SMILES string of the molecule is CC1(c2nc(C3CSCCS3)no2)CCNC1. The van der Waals surface area contributed by atoms with Crippen LogP contribution in [0.1, 0.15) is 30.3 Å². The molecule has 3 rings (SSSR count). The van der Waals surface area contributed by atoms with Gasteiger partial charge in [0, 0.05) is 23.8 Å². The van der Waals surface area contributed by atoms with Gasteiger partial charge in [-0.2, -0.15) is 16.7 Å². The summed E-state index contributed by atoms with van der Waals surface area (Å²) in [5.41, 5.74) is 0.0394. The van der Waals surface area contributed by atoms with Gasteiger partial charge in [-0.1, -0.05) is 5.16 Å². The zero-order valence-corrected chi connectivity index (χ0v) is 11.6. The number of thioether (sulfide) groups is 2. The van der Waals surface area contributed by atoms with E-state index < -0.39 is 0 Å². The highest BCUT2D eigenvalue weighted by Crippen LogP contribution is 2.36. The second kappa shape index (κ2) is 4.82. The van der Waals surface area contributed by atoms with Crippen molar-refractivity contribution in [3.63, 3.8) is 0 Å². The van der Waals surface area contributed by atoms with Gasteiger partial charge in [0.2, 0.25) is 5.89 Å². The van der Waals surface area contributed by atoms with E-state index in [9.17, 15) is 0 Å². The molecule has 0 aromatic carbocycles. The minimum atomic E-state index is 0.0394. The second-order valence-electron chi connectivity index (χ2n) is 4.88. The maximum absolute atomic E-state index is 5.48. The van der Waals surface area contributed by atoms with Crippen LogP contribution in [0, 0.1) is 0 Å². The summed E-state index contributed by atoms with van der Waals surface area (Å²) in [6.45, 7) is 4.19. The molecule has 2 fully saturated rings. The normalized spacial score (nSPS) is 34.1. The van der Waals surface area contributed by atoms with Crippen LogP contribution in [0.3, 0.4) is 0 Å². The Morgan fingerprint density at radius 1 is 1.47 bits per heavy atom. The van der Waals surface area contributed by atoms with Crippen LogP contribution in [0.15, 0.2) is 4.52 Å². The molecule has 4 nitrogen and oxygen atoms in total. The predicted octanol–water partition coefficient (Wildman–Crippen LogP) is 1.84. The lowest BCUT2D eigenvalue weighted by Gasteiger charge is -2.18. The van der Waals surface area contributed by atoms with Gasteiger partial charge in [0.25, 0.3) is 0 Å². The van der Waals surface area contributed by atoms with Gasteiger partial charge in [-0.3, -0.25) is 0 Å². The summed E-state index contributed by atoms with van der Waals surface area (Å²) in [7, 11) is 0. The molecule has 0 spiro atoms. The Bertz CT molecular complexity index is 384. The van der Waals surface area contributed by atoms with E-state index in [-0.39, 0.29) is 5.41 Å². The molecule has 1 aromatic rings. The average Bonchev–Trinajstić information content (AvgIpc) is 2.99. The number of hydrogen-bond acceptors (Lipinski definition) is 6. The van der Waals surface area contributed by atoms with Crippen molar-refractivity contribution in [1.29, 1.82) is 0 Å². The predicted molar refractivity (Wildman–Crippen MR) is 71.7 cm³/mol. The molecular formula is C11H17N3OS2. The number of hydrogen-bond donors (Lipinski definition) is 1. The Labute approximate surface area is 110 Å². The molecule has 17 heavy (non-hydrogen) atoms. The lowest BCUT2D eigenvalue weighted by atomic mass is 9.90. The molecule has 0 saturated carbocycles. The number of rotatable bonds is 2. The van der Waals surface area contributed by atoms with Crippen LogP contribution in [0.2, 0.25) is 0 Å². The van der Waals surface area contributed by atoms with Gasteiger partial charge in [0.1, 0.15) is 0 Å². The molecule has 0 bridgehead atoms. The molecule has 0 radical (unpaired) electrons. The van der Waals surface area contributed by atoms with E-state index in [2.05, 4.69) is 22.4 Å². The monoisotopic (exact) mass is 271 g/mol. The van der Waals surface area contributed by atoms with Crippen molar-refractivity contribution in [2.75, 3.05) is 30.3 Å². The van der Waals surface area contributed by atoms with Gasteiger partial charge in [-0.05, 0) is 19.9 Å². The average molecular weight is 271 g/mol. The molecule has 0 aliphatic carbocycles. The lowest BCUT2D eigenvalue weighted by Crippen LogP contribution is -2.25. The first-order valence-corrected chi connectivity index (χ1v) is 8.22. The van der Waals surface area contributed by atoms with Crippen LogP contribution in [0.4, 0.5) is 0 Å². The van der Waals surface area contributed by atoms with Gasteiger partial charge >= 0.3 is 0 Å². The fourth-order valence-corrected chi connectivity index (χ4v) is 4.84. The van der Waals surface area contributed by atoms with Gasteiger partial charge < -0.3 is 9.84 Å². The fourth-order valence-electron chi connectivity index (χ4n) is 2.25. The minimum Gasteiger partial charge on any atom is -0.339 e. The fraction of sp³-hybridized carbons (Fsp3) is 0.818. The first kappa shape index (κ1) is 11.9. The first-order chi connectivity index (χ1) is 8.28. The molecule has 2 aliphatic heterocycles. The Morgan fingerprint density at radius 2 is 2.41 bits per heavy atom. The van der Waals surface area contributed by atoms with Crippen LogP contribution in [0.5, 0.6) is 0 Å². The van der Waals surface area contributed by atoms with Crippen molar-refractivity contribution in [2.24, 2.45) is 0 Å². The van der Waals surface area contributed by atoms with Gasteiger partial charge in [0.15, 0.2) is 5.82 Å². The van der Waals surface area contributed by atoms with E-state index in [1.165, 1.54) is 11.5 Å². The Balaban J connectivity index is 1.77. The van der Waals surface area contributed by atoms with E-state index in [1.54, 1.807) is 0 Å². The smallest absolute Gasteiger partial charge is 0.233 e. The molecule has 6 heteroatoms. The van der Waals surface area contributed by atoms with E-state index in [1.807, 2.05) is 23.5 Å². The topological polar surface area (TPSA) is 51.0 Å². The van der Waals surface area contributed by atoms with E-state index in [0.717, 1.165) is 37.0 Å². The molecule has 2 atom stereocenters. The summed E-state index contributed by atoms with van der Waals surface area (Å²) in [5.74, 6) is 5.25. The quantitative estimate of drug-likeness (QED) is 0.886. The van der Waals surface area contributed by atoms with Crippen molar-refractivity contribution in [2.45, 2.75) is 24.0 Å². The Kier molecular flexibility index (Phi) is 3.36. The number of aromatic nitrogens is 2. The van der Waals surface area contributed by atoms with Crippen molar-refractivity contribution in [1.82, 2.24) is 15.5 Å².